The molecule has 2 amide bonds. The van der Waals surface area contributed by atoms with Crippen LogP contribution in [0.15, 0.2) is 170 Å². The van der Waals surface area contributed by atoms with Crippen molar-refractivity contribution in [2.24, 2.45) is 0 Å². The van der Waals surface area contributed by atoms with Gasteiger partial charge in [0.15, 0.2) is 6.23 Å². The van der Waals surface area contributed by atoms with Gasteiger partial charge in [0.25, 0.3) is 0 Å². The molecule has 3 N–H and O–H groups in total. The fraction of sp³-hybridized carbons (Fsp3) is 0.342. The number of amides is 2. The van der Waals surface area contributed by atoms with E-state index in [-0.39, 0.29) is 31.3 Å². The molecule has 0 aliphatic carbocycles. The van der Waals surface area contributed by atoms with E-state index in [2.05, 4.69) is 159 Å². The first-order chi connectivity index (χ1) is 42.0. The number of aromatic amines is 1. The summed E-state index contributed by atoms with van der Waals surface area (Å²) in [6.45, 7) is 11.4. The van der Waals surface area contributed by atoms with Crippen LogP contribution in [0.1, 0.15) is 135 Å². The molecule has 1 saturated heterocycles. The second-order valence-corrected chi connectivity index (χ2v) is 21.9. The molecule has 86 heavy (non-hydrogen) atoms. The number of carbonyl (C=O) groups excluding carboxylic acids is 2. The van der Waals surface area contributed by atoms with Crippen LogP contribution in [0.4, 0.5) is 0 Å². The molecule has 1 atom stereocenters. The summed E-state index contributed by atoms with van der Waals surface area (Å²) in [5, 5.41) is 32.1. The Morgan fingerprint density at radius 1 is 0.628 bits per heavy atom. The molecular weight excluding hydrogens is 1070 g/mol. The zero-order valence-electron chi connectivity index (χ0n) is 51.1. The molecule has 3 heterocycles. The Hall–Kier alpha value is -8.36. The molecule has 8 aromatic rings. The Kier molecular flexibility index (Phi) is 24.3. The summed E-state index contributed by atoms with van der Waals surface area (Å²) in [6.07, 6.45) is 21.1. The van der Waals surface area contributed by atoms with Crippen molar-refractivity contribution in [1.29, 1.82) is 0 Å². The standard InChI is InChI=1S/C39H47N3O4.C34H39N3O3/c1-4-34(35-14-9-8-13-29(35)2)39(31-19-22-36-32(27-31)28-40-42(36)38-16-10-12-26-46-38)30-17-20-33(21-18-30)45-25-11-6-5-7-15-37(44)41(3)23-24-43;1-4-30(31-12-9-8-11-25(31)2)34(27-16-19-32-28(23-27)24-35-36-32)26-14-17-29(18-15-26)40-22-10-6-5-7-13-33(39)37(3)20-21-38/h7-9,13-15,17-22,27-28,38,43H,4-6,10-12,16,23-26H2,1-3H3;7-9,11-19,23-24,38H,4-6,10,20-22H2,1-3H3,(H,35,36)/b15-7+,39-34+;13-7+,34-30+. The molecule has 0 saturated carbocycles. The van der Waals surface area contributed by atoms with Crippen LogP contribution in [0.2, 0.25) is 0 Å². The number of H-pyrrole nitrogens is 1. The summed E-state index contributed by atoms with van der Waals surface area (Å²) in [7, 11) is 3.37. The summed E-state index contributed by atoms with van der Waals surface area (Å²) in [4.78, 5) is 26.8. The van der Waals surface area contributed by atoms with Gasteiger partial charge in [0, 0.05) is 44.6 Å². The van der Waals surface area contributed by atoms with E-state index in [1.807, 2.05) is 41.4 Å². The predicted octanol–water partition coefficient (Wildman–Crippen LogP) is 14.8. The molecular formula is C73H86N6O7. The quantitative estimate of drug-likeness (QED) is 0.0259. The van der Waals surface area contributed by atoms with E-state index in [4.69, 9.17) is 29.5 Å². The normalized spacial score (nSPS) is 14.0. The van der Waals surface area contributed by atoms with Gasteiger partial charge >= 0.3 is 0 Å². The Bertz CT molecular complexity index is 3590. The highest BCUT2D eigenvalue weighted by molar-refractivity contribution is 6.02. The highest BCUT2D eigenvalue weighted by atomic mass is 16.5. The Labute approximate surface area is 508 Å². The van der Waals surface area contributed by atoms with Gasteiger partial charge in [-0.3, -0.25) is 14.7 Å². The number of rotatable bonds is 27. The van der Waals surface area contributed by atoms with Gasteiger partial charge in [-0.2, -0.15) is 10.2 Å². The monoisotopic (exact) mass is 1160 g/mol. The van der Waals surface area contributed by atoms with Gasteiger partial charge in [-0.1, -0.05) is 111 Å². The highest BCUT2D eigenvalue weighted by Gasteiger charge is 2.21. The van der Waals surface area contributed by atoms with Crippen LogP contribution in [0, 0.1) is 13.8 Å². The zero-order chi connectivity index (χ0) is 60.6. The van der Waals surface area contributed by atoms with Gasteiger partial charge in [0.1, 0.15) is 11.5 Å². The number of nitrogens with one attached hydrogen (secondary N) is 1. The molecule has 0 spiro atoms. The van der Waals surface area contributed by atoms with Crippen LogP contribution in [-0.4, -0.2) is 112 Å². The first-order valence-electron chi connectivity index (χ1n) is 30.6. The van der Waals surface area contributed by atoms with Crippen molar-refractivity contribution < 1.29 is 34.0 Å². The van der Waals surface area contributed by atoms with E-state index in [1.54, 1.807) is 26.2 Å². The number of hydrogen-bond donors (Lipinski definition) is 3. The summed E-state index contributed by atoms with van der Waals surface area (Å²) < 4.78 is 20.2. The lowest BCUT2D eigenvalue weighted by molar-refractivity contribution is -0.125. The molecule has 13 nitrogen and oxygen atoms in total. The fourth-order valence-electron chi connectivity index (χ4n) is 11.0. The first kappa shape index (κ1) is 63.7. The van der Waals surface area contributed by atoms with E-state index in [9.17, 15) is 9.59 Å². The van der Waals surface area contributed by atoms with Crippen LogP contribution in [0.5, 0.6) is 11.5 Å². The molecule has 1 fully saturated rings. The topological polar surface area (TPSA) is 155 Å². The van der Waals surface area contributed by atoms with E-state index in [0.29, 0.717) is 26.3 Å². The van der Waals surface area contributed by atoms with E-state index in [0.717, 1.165) is 127 Å². The first-order valence-corrected chi connectivity index (χ1v) is 30.6. The summed E-state index contributed by atoms with van der Waals surface area (Å²) in [5.74, 6) is 1.52. The van der Waals surface area contributed by atoms with Crippen molar-refractivity contribution in [3.8, 4) is 11.5 Å². The van der Waals surface area contributed by atoms with Gasteiger partial charge in [0.2, 0.25) is 11.8 Å². The Morgan fingerprint density at radius 3 is 1.62 bits per heavy atom. The fourth-order valence-corrected chi connectivity index (χ4v) is 11.0. The van der Waals surface area contributed by atoms with Crippen LogP contribution in [0.3, 0.4) is 0 Å². The molecule has 6 aromatic carbocycles. The van der Waals surface area contributed by atoms with Crippen molar-refractivity contribution in [2.75, 3.05) is 60.2 Å². The predicted molar refractivity (Wildman–Crippen MR) is 349 cm³/mol. The second-order valence-electron chi connectivity index (χ2n) is 21.9. The number of aryl methyl sites for hydroxylation is 2. The minimum absolute atomic E-state index is 0.00268. The molecule has 2 aromatic heterocycles. The summed E-state index contributed by atoms with van der Waals surface area (Å²) >= 11 is 0. The maximum absolute atomic E-state index is 11.9. The molecule has 1 aliphatic heterocycles. The van der Waals surface area contributed by atoms with Gasteiger partial charge in [-0.15, -0.1) is 0 Å². The van der Waals surface area contributed by atoms with Crippen molar-refractivity contribution >= 4 is 55.9 Å². The van der Waals surface area contributed by atoms with Gasteiger partial charge in [-0.05, 0) is 212 Å². The SMILES string of the molecule is CC/C(=C(/c1ccc(OCCCC/C=C/C(=O)N(C)CCO)cc1)c1ccc2[nH]ncc2c1)c1ccccc1C.CC/C(=C(/c1ccc(OCCCC/C=C/C(=O)N(C)CCO)cc1)c1ccc2c(cnn2C2CCCCO2)c1)c1ccccc1C. The van der Waals surface area contributed by atoms with Gasteiger partial charge < -0.3 is 34.2 Å². The molecule has 9 rings (SSSR count). The number of hydrogen-bond acceptors (Lipinski definition) is 9. The minimum atomic E-state index is -0.0866. The van der Waals surface area contributed by atoms with Crippen LogP contribution in [-0.2, 0) is 14.3 Å². The number of carbonyl (C=O) groups is 2. The molecule has 13 heteroatoms. The lowest BCUT2D eigenvalue weighted by Gasteiger charge is -2.23. The number of fused-ring (bicyclic) bond motifs is 2. The molecule has 0 radical (unpaired) electrons. The zero-order valence-corrected chi connectivity index (χ0v) is 51.1. The number of ether oxygens (including phenoxy) is 3. The molecule has 1 unspecified atom stereocenters. The Balaban J connectivity index is 0.000000226. The molecule has 450 valence electrons. The van der Waals surface area contributed by atoms with Crippen molar-refractivity contribution in [3.63, 3.8) is 0 Å². The maximum atomic E-state index is 11.9. The largest absolute Gasteiger partial charge is 0.494 e. The third-order valence-electron chi connectivity index (χ3n) is 15.8. The third-order valence-corrected chi connectivity index (χ3v) is 15.8. The number of aliphatic hydroxyl groups is 2. The van der Waals surface area contributed by atoms with Gasteiger partial charge in [0.05, 0.1) is 49.9 Å². The highest BCUT2D eigenvalue weighted by Crippen LogP contribution is 2.40. The van der Waals surface area contributed by atoms with Crippen LogP contribution >= 0.6 is 0 Å². The van der Waals surface area contributed by atoms with Crippen LogP contribution in [0.25, 0.3) is 44.1 Å². The van der Waals surface area contributed by atoms with Gasteiger partial charge in [-0.25, -0.2) is 4.68 Å². The second kappa shape index (κ2) is 32.8. The van der Waals surface area contributed by atoms with E-state index >= 15 is 0 Å². The number of allylic oxidation sites excluding steroid dienone is 4. The number of aliphatic hydroxyl groups excluding tert-OH is 2. The maximum Gasteiger partial charge on any atom is 0.246 e. The number of unbranched alkanes of at least 4 members (excludes halogenated alkanes) is 4. The minimum Gasteiger partial charge on any atom is -0.494 e. The van der Waals surface area contributed by atoms with Crippen LogP contribution < -0.4 is 9.47 Å². The van der Waals surface area contributed by atoms with E-state index in [1.165, 1.54) is 59.9 Å². The number of likely N-dealkylation sites (N-methyl/N-ethyl adjacent to an activating group) is 2. The lowest BCUT2D eigenvalue weighted by atomic mass is 9.86. The molecule has 0 bridgehead atoms. The number of nitrogens with zero attached hydrogens (tertiary/aromatic N) is 5. The van der Waals surface area contributed by atoms with Crippen molar-refractivity contribution in [1.82, 2.24) is 29.8 Å². The average Bonchev–Trinajstić information content (AvgIpc) is 3.90. The number of benzene rings is 6. The average molecular weight is 1160 g/mol. The smallest absolute Gasteiger partial charge is 0.246 e. The molecule has 1 aliphatic rings. The Morgan fingerprint density at radius 2 is 1.13 bits per heavy atom. The number of aromatic nitrogens is 4. The van der Waals surface area contributed by atoms with Crippen molar-refractivity contribution in [2.45, 2.75) is 105 Å². The lowest BCUT2D eigenvalue weighted by Crippen LogP contribution is -2.27. The van der Waals surface area contributed by atoms with Crippen molar-refractivity contribution in [3.05, 3.63) is 215 Å². The van der Waals surface area contributed by atoms with E-state index < -0.39 is 0 Å². The third kappa shape index (κ3) is 17.2. The summed E-state index contributed by atoms with van der Waals surface area (Å²) in [5.41, 5.74) is 16.9. The summed E-state index contributed by atoms with van der Waals surface area (Å²) in [6, 6.07) is 47.2.